The fourth-order valence-electron chi connectivity index (χ4n) is 1.19. The van der Waals surface area contributed by atoms with E-state index < -0.39 is 17.4 Å². The molecule has 0 aromatic rings. The highest BCUT2D eigenvalue weighted by Crippen LogP contribution is 2.22. The van der Waals surface area contributed by atoms with Crippen LogP contribution in [0.1, 0.15) is 40.5 Å². The molecule has 0 aromatic heterocycles. The Labute approximate surface area is 84.7 Å². The molecule has 0 rings (SSSR count). The van der Waals surface area contributed by atoms with Gasteiger partial charge >= 0.3 is 5.97 Å². The Bertz CT molecular complexity index is 223. The Hall–Kier alpha value is -1.06. The molecule has 0 heterocycles. The summed E-state index contributed by atoms with van der Waals surface area (Å²) in [6.07, 6.45) is 1.66. The van der Waals surface area contributed by atoms with Crippen molar-refractivity contribution in [2.24, 2.45) is 5.41 Å². The van der Waals surface area contributed by atoms with Crippen molar-refractivity contribution < 1.29 is 14.7 Å². The first kappa shape index (κ1) is 12.9. The Morgan fingerprint density at radius 1 is 1.43 bits per heavy atom. The minimum Gasteiger partial charge on any atom is -0.480 e. The molecule has 1 atom stereocenters. The lowest BCUT2D eigenvalue weighted by atomic mass is 9.87. The number of hydrogen-bond acceptors (Lipinski definition) is 2. The third-order valence-corrected chi connectivity index (χ3v) is 2.21. The predicted molar refractivity (Wildman–Crippen MR) is 53.9 cm³/mol. The van der Waals surface area contributed by atoms with Crippen LogP contribution in [-0.4, -0.2) is 23.0 Å². The summed E-state index contributed by atoms with van der Waals surface area (Å²) >= 11 is 0. The van der Waals surface area contributed by atoms with Gasteiger partial charge in [0.1, 0.15) is 6.04 Å². The van der Waals surface area contributed by atoms with Gasteiger partial charge in [0.15, 0.2) is 0 Å². The molecule has 0 aliphatic heterocycles. The van der Waals surface area contributed by atoms with E-state index in [1.807, 2.05) is 20.8 Å². The standard InChI is InChI=1S/C10H19NO3/c1-5-6-10(3,4)9(14)11-7(2)8(12)13/h7H,5-6H2,1-4H3,(H,11,14)(H,12,13)/t7-/m0/s1. The summed E-state index contributed by atoms with van der Waals surface area (Å²) in [6.45, 7) is 7.10. The fourth-order valence-corrected chi connectivity index (χ4v) is 1.19. The Morgan fingerprint density at radius 3 is 2.29 bits per heavy atom. The maximum absolute atomic E-state index is 11.6. The zero-order valence-corrected chi connectivity index (χ0v) is 9.26. The molecule has 0 bridgehead atoms. The van der Waals surface area contributed by atoms with Crippen molar-refractivity contribution in [3.05, 3.63) is 0 Å². The number of carbonyl (C=O) groups is 2. The molecule has 0 aliphatic carbocycles. The van der Waals surface area contributed by atoms with E-state index in [2.05, 4.69) is 5.32 Å². The number of carboxylic acids is 1. The number of carbonyl (C=O) groups excluding carboxylic acids is 1. The van der Waals surface area contributed by atoms with E-state index in [9.17, 15) is 9.59 Å². The van der Waals surface area contributed by atoms with Crippen molar-refractivity contribution in [2.45, 2.75) is 46.6 Å². The van der Waals surface area contributed by atoms with Crippen molar-refractivity contribution in [3.8, 4) is 0 Å². The lowest BCUT2D eigenvalue weighted by Gasteiger charge is -2.24. The predicted octanol–water partition coefficient (Wildman–Crippen LogP) is 1.40. The number of hydrogen-bond donors (Lipinski definition) is 2. The second-order valence-corrected chi connectivity index (χ2v) is 4.17. The number of nitrogens with one attached hydrogen (secondary N) is 1. The number of aliphatic carboxylic acids is 1. The van der Waals surface area contributed by atoms with E-state index in [0.29, 0.717) is 0 Å². The molecule has 1 amide bonds. The molecular weight excluding hydrogens is 182 g/mol. The van der Waals surface area contributed by atoms with E-state index in [1.165, 1.54) is 6.92 Å². The van der Waals surface area contributed by atoms with Crippen molar-refractivity contribution >= 4 is 11.9 Å². The van der Waals surface area contributed by atoms with Crippen molar-refractivity contribution in [2.75, 3.05) is 0 Å². The first-order chi connectivity index (χ1) is 6.31. The van der Waals surface area contributed by atoms with Crippen molar-refractivity contribution in [1.82, 2.24) is 5.32 Å². The van der Waals surface area contributed by atoms with Crippen molar-refractivity contribution in [3.63, 3.8) is 0 Å². The van der Waals surface area contributed by atoms with Crippen LogP contribution in [0.3, 0.4) is 0 Å². The van der Waals surface area contributed by atoms with E-state index in [0.717, 1.165) is 12.8 Å². The molecule has 0 aromatic carbocycles. The highest BCUT2D eigenvalue weighted by atomic mass is 16.4. The average molecular weight is 201 g/mol. The molecule has 2 N–H and O–H groups in total. The van der Waals surface area contributed by atoms with Crippen LogP contribution >= 0.6 is 0 Å². The van der Waals surface area contributed by atoms with Crippen LogP contribution in [0.5, 0.6) is 0 Å². The van der Waals surface area contributed by atoms with Crippen LogP contribution < -0.4 is 5.32 Å². The van der Waals surface area contributed by atoms with Gasteiger partial charge in [-0.1, -0.05) is 27.2 Å². The SMILES string of the molecule is CCCC(C)(C)C(=O)N[C@@H](C)C(=O)O. The smallest absolute Gasteiger partial charge is 0.325 e. The molecular formula is C10H19NO3. The Kier molecular flexibility index (Phi) is 4.60. The van der Waals surface area contributed by atoms with Gasteiger partial charge in [0.2, 0.25) is 5.91 Å². The number of carboxylic acid groups (broad SMARTS) is 1. The summed E-state index contributed by atoms with van der Waals surface area (Å²) in [5.41, 5.74) is -0.488. The van der Waals surface area contributed by atoms with Gasteiger partial charge in [-0.05, 0) is 13.3 Å². The van der Waals surface area contributed by atoms with E-state index >= 15 is 0 Å². The normalized spacial score (nSPS) is 13.4. The second kappa shape index (κ2) is 4.98. The van der Waals surface area contributed by atoms with Gasteiger partial charge in [0.25, 0.3) is 0 Å². The zero-order chi connectivity index (χ0) is 11.4. The van der Waals surface area contributed by atoms with E-state index in [4.69, 9.17) is 5.11 Å². The third kappa shape index (κ3) is 3.77. The van der Waals surface area contributed by atoms with Gasteiger partial charge in [0.05, 0.1) is 0 Å². The Morgan fingerprint density at radius 2 is 1.93 bits per heavy atom. The highest BCUT2D eigenvalue weighted by molar-refractivity contribution is 5.86. The lowest BCUT2D eigenvalue weighted by molar-refractivity contribution is -0.143. The van der Waals surface area contributed by atoms with Gasteiger partial charge in [-0.25, -0.2) is 0 Å². The molecule has 0 fully saturated rings. The molecule has 14 heavy (non-hydrogen) atoms. The van der Waals surface area contributed by atoms with Crippen LogP contribution in [0.4, 0.5) is 0 Å². The molecule has 4 heteroatoms. The lowest BCUT2D eigenvalue weighted by Crippen LogP contribution is -2.45. The van der Waals surface area contributed by atoms with Crippen LogP contribution in [0.15, 0.2) is 0 Å². The molecule has 4 nitrogen and oxygen atoms in total. The first-order valence-corrected chi connectivity index (χ1v) is 4.85. The molecule has 0 saturated carbocycles. The second-order valence-electron chi connectivity index (χ2n) is 4.17. The van der Waals surface area contributed by atoms with Gasteiger partial charge in [-0.2, -0.15) is 0 Å². The molecule has 82 valence electrons. The summed E-state index contributed by atoms with van der Waals surface area (Å²) in [4.78, 5) is 22.1. The van der Waals surface area contributed by atoms with Gasteiger partial charge in [-0.3, -0.25) is 9.59 Å². The maximum Gasteiger partial charge on any atom is 0.325 e. The minimum absolute atomic E-state index is 0.200. The van der Waals surface area contributed by atoms with Gasteiger partial charge in [0, 0.05) is 5.41 Å². The monoisotopic (exact) mass is 201 g/mol. The largest absolute Gasteiger partial charge is 0.480 e. The number of rotatable bonds is 5. The zero-order valence-electron chi connectivity index (χ0n) is 9.26. The number of amides is 1. The molecule has 0 saturated heterocycles. The Balaban J connectivity index is 4.26. The summed E-state index contributed by atoms with van der Waals surface area (Å²) in [7, 11) is 0. The maximum atomic E-state index is 11.6. The minimum atomic E-state index is -1.01. The molecule has 0 aliphatic rings. The molecule has 0 unspecified atom stereocenters. The quantitative estimate of drug-likeness (QED) is 0.706. The highest BCUT2D eigenvalue weighted by Gasteiger charge is 2.28. The van der Waals surface area contributed by atoms with Crippen LogP contribution in [0, 0.1) is 5.41 Å². The first-order valence-electron chi connectivity index (χ1n) is 4.85. The van der Waals surface area contributed by atoms with E-state index in [-0.39, 0.29) is 5.91 Å². The average Bonchev–Trinajstić information content (AvgIpc) is 2.03. The van der Waals surface area contributed by atoms with Gasteiger partial charge in [-0.15, -0.1) is 0 Å². The summed E-state index contributed by atoms with van der Waals surface area (Å²) in [6, 6.07) is -0.821. The fraction of sp³-hybridized carbons (Fsp3) is 0.800. The van der Waals surface area contributed by atoms with Crippen LogP contribution in [0.2, 0.25) is 0 Å². The summed E-state index contributed by atoms with van der Waals surface area (Å²) < 4.78 is 0. The van der Waals surface area contributed by atoms with Crippen LogP contribution in [-0.2, 0) is 9.59 Å². The molecule has 0 radical (unpaired) electrons. The van der Waals surface area contributed by atoms with E-state index in [1.54, 1.807) is 0 Å². The third-order valence-electron chi connectivity index (χ3n) is 2.21. The summed E-state index contributed by atoms with van der Waals surface area (Å²) in [5.74, 6) is -1.21. The van der Waals surface area contributed by atoms with Crippen LogP contribution in [0.25, 0.3) is 0 Å². The van der Waals surface area contributed by atoms with Gasteiger partial charge < -0.3 is 10.4 Å². The summed E-state index contributed by atoms with van der Waals surface area (Å²) in [5, 5.41) is 11.1. The topological polar surface area (TPSA) is 66.4 Å². The molecule has 0 spiro atoms. The van der Waals surface area contributed by atoms with Crippen molar-refractivity contribution in [1.29, 1.82) is 0 Å².